The van der Waals surface area contributed by atoms with Crippen molar-refractivity contribution >= 4 is 0 Å². The minimum atomic E-state index is -0.413. The molecule has 32 heavy (non-hydrogen) atoms. The SMILES string of the molecule is CCC(C)(C)C1CC2CCCCC2C2OC(c3ccco3)(C3CCC(OC)CC3)C=CC21. The average molecular weight is 441 g/mol. The highest BCUT2D eigenvalue weighted by atomic mass is 16.5. The van der Waals surface area contributed by atoms with Crippen molar-refractivity contribution in [3.8, 4) is 0 Å². The van der Waals surface area contributed by atoms with Gasteiger partial charge in [-0.15, -0.1) is 0 Å². The second-order valence-corrected chi connectivity index (χ2v) is 11.9. The Morgan fingerprint density at radius 1 is 1.09 bits per heavy atom. The highest BCUT2D eigenvalue weighted by molar-refractivity contribution is 5.25. The molecule has 5 rings (SSSR count). The van der Waals surface area contributed by atoms with Gasteiger partial charge in [-0.05, 0) is 85.8 Å². The first-order chi connectivity index (χ1) is 15.5. The fourth-order valence-corrected chi connectivity index (χ4v) is 7.79. The topological polar surface area (TPSA) is 31.6 Å². The Balaban J connectivity index is 1.53. The zero-order valence-electron chi connectivity index (χ0n) is 20.7. The molecule has 2 heterocycles. The summed E-state index contributed by atoms with van der Waals surface area (Å²) in [6, 6.07) is 4.19. The Morgan fingerprint density at radius 3 is 2.56 bits per heavy atom. The Kier molecular flexibility index (Phi) is 6.35. The molecule has 178 valence electrons. The van der Waals surface area contributed by atoms with E-state index in [2.05, 4.69) is 39.0 Å². The summed E-state index contributed by atoms with van der Waals surface area (Å²) in [6.07, 6.45) is 20.2. The van der Waals surface area contributed by atoms with Crippen molar-refractivity contribution in [1.29, 1.82) is 0 Å². The zero-order chi connectivity index (χ0) is 22.3. The quantitative estimate of drug-likeness (QED) is 0.444. The molecule has 0 N–H and O–H groups in total. The van der Waals surface area contributed by atoms with Crippen molar-refractivity contribution in [2.75, 3.05) is 7.11 Å². The Bertz CT molecular complexity index is 772. The maximum absolute atomic E-state index is 7.45. The molecule has 0 saturated heterocycles. The zero-order valence-corrected chi connectivity index (χ0v) is 20.7. The van der Waals surface area contributed by atoms with Crippen LogP contribution in [0.1, 0.15) is 90.7 Å². The highest BCUT2D eigenvalue weighted by Gasteiger charge is 2.55. The Labute approximate surface area is 195 Å². The number of methoxy groups -OCH3 is 1. The molecule has 3 saturated carbocycles. The molecule has 1 aromatic heterocycles. The minimum absolute atomic E-state index is 0.320. The maximum atomic E-state index is 7.45. The van der Waals surface area contributed by atoms with Crippen LogP contribution < -0.4 is 0 Å². The lowest BCUT2D eigenvalue weighted by Crippen LogP contribution is -2.56. The summed E-state index contributed by atoms with van der Waals surface area (Å²) < 4.78 is 19.2. The third-order valence-corrected chi connectivity index (χ3v) is 10.1. The van der Waals surface area contributed by atoms with Crippen LogP contribution in [0.4, 0.5) is 0 Å². The monoisotopic (exact) mass is 440 g/mol. The van der Waals surface area contributed by atoms with Crippen LogP contribution in [0.15, 0.2) is 35.0 Å². The molecule has 0 bridgehead atoms. The van der Waals surface area contributed by atoms with Crippen molar-refractivity contribution < 1.29 is 13.9 Å². The van der Waals surface area contributed by atoms with Crippen LogP contribution in [0.25, 0.3) is 0 Å². The maximum Gasteiger partial charge on any atom is 0.147 e. The standard InChI is InChI=1S/C29H44O3/c1-5-28(2,3)25-19-20-9-6-7-10-23(20)27-24(25)16-17-29(32-27,26-11-8-18-31-26)21-12-14-22(30-4)15-13-21/h8,11,16-18,20-25,27H,5-7,9-10,12-15,19H2,1-4H3. The van der Waals surface area contributed by atoms with Crippen molar-refractivity contribution in [3.63, 3.8) is 0 Å². The molecule has 6 atom stereocenters. The molecular formula is C29H44O3. The van der Waals surface area contributed by atoms with Gasteiger partial charge in [-0.25, -0.2) is 0 Å². The summed E-state index contributed by atoms with van der Waals surface area (Å²) in [5.74, 6) is 4.23. The van der Waals surface area contributed by atoms with Gasteiger partial charge < -0.3 is 13.9 Å². The van der Waals surface area contributed by atoms with Crippen molar-refractivity contribution in [1.82, 2.24) is 0 Å². The summed E-state index contributed by atoms with van der Waals surface area (Å²) in [5.41, 5.74) is -0.0656. The lowest BCUT2D eigenvalue weighted by molar-refractivity contribution is -0.203. The lowest BCUT2D eigenvalue weighted by Gasteiger charge is -2.57. The minimum Gasteiger partial charge on any atom is -0.466 e. The molecule has 0 spiro atoms. The fraction of sp³-hybridized carbons (Fsp3) is 0.793. The van der Waals surface area contributed by atoms with Crippen LogP contribution in [0.5, 0.6) is 0 Å². The molecule has 1 aromatic rings. The Morgan fingerprint density at radius 2 is 1.88 bits per heavy atom. The molecule has 0 aromatic carbocycles. The van der Waals surface area contributed by atoms with Gasteiger partial charge in [0.1, 0.15) is 11.4 Å². The molecule has 6 unspecified atom stereocenters. The van der Waals surface area contributed by atoms with Crippen LogP contribution in [-0.4, -0.2) is 19.3 Å². The predicted molar refractivity (Wildman–Crippen MR) is 128 cm³/mol. The first kappa shape index (κ1) is 22.7. The Hall–Kier alpha value is -1.06. The smallest absolute Gasteiger partial charge is 0.147 e. The highest BCUT2D eigenvalue weighted by Crippen LogP contribution is 2.58. The molecule has 1 aliphatic heterocycles. The molecular weight excluding hydrogens is 396 g/mol. The number of ether oxygens (including phenoxy) is 2. The van der Waals surface area contributed by atoms with E-state index in [0.717, 1.165) is 37.4 Å². The molecule has 0 amide bonds. The van der Waals surface area contributed by atoms with E-state index in [-0.39, 0.29) is 0 Å². The van der Waals surface area contributed by atoms with Gasteiger partial charge >= 0.3 is 0 Å². The molecule has 3 fully saturated rings. The number of furan rings is 1. The van der Waals surface area contributed by atoms with Crippen LogP contribution in [0.2, 0.25) is 0 Å². The van der Waals surface area contributed by atoms with Gasteiger partial charge in [-0.2, -0.15) is 0 Å². The van der Waals surface area contributed by atoms with Crippen molar-refractivity contribution in [3.05, 3.63) is 36.3 Å². The third-order valence-electron chi connectivity index (χ3n) is 10.1. The van der Waals surface area contributed by atoms with Crippen LogP contribution in [0, 0.1) is 35.0 Å². The number of hydrogen-bond acceptors (Lipinski definition) is 3. The van der Waals surface area contributed by atoms with E-state index in [1.165, 1.54) is 38.5 Å². The molecule has 3 aliphatic carbocycles. The number of hydrogen-bond donors (Lipinski definition) is 0. The predicted octanol–water partition coefficient (Wildman–Crippen LogP) is 7.51. The summed E-state index contributed by atoms with van der Waals surface area (Å²) in [5, 5.41) is 0. The van der Waals surface area contributed by atoms with Crippen LogP contribution in [0.3, 0.4) is 0 Å². The first-order valence-electron chi connectivity index (χ1n) is 13.4. The largest absolute Gasteiger partial charge is 0.466 e. The van der Waals surface area contributed by atoms with Gasteiger partial charge in [0.25, 0.3) is 0 Å². The van der Waals surface area contributed by atoms with E-state index >= 15 is 0 Å². The van der Waals surface area contributed by atoms with E-state index < -0.39 is 5.60 Å². The van der Waals surface area contributed by atoms with E-state index in [1.807, 2.05) is 19.4 Å². The first-order valence-corrected chi connectivity index (χ1v) is 13.4. The third kappa shape index (κ3) is 3.82. The summed E-state index contributed by atoms with van der Waals surface area (Å²) in [4.78, 5) is 0. The fourth-order valence-electron chi connectivity index (χ4n) is 7.79. The second kappa shape index (κ2) is 8.95. The summed E-state index contributed by atoms with van der Waals surface area (Å²) >= 11 is 0. The summed E-state index contributed by atoms with van der Waals surface area (Å²) in [7, 11) is 1.86. The molecule has 0 radical (unpaired) electrons. The van der Waals surface area contributed by atoms with E-state index in [0.29, 0.717) is 41.3 Å². The molecule has 4 aliphatic rings. The van der Waals surface area contributed by atoms with Gasteiger partial charge in [0.15, 0.2) is 0 Å². The molecule has 3 heteroatoms. The van der Waals surface area contributed by atoms with Gasteiger partial charge in [-0.1, -0.05) is 52.5 Å². The number of fused-ring (bicyclic) bond motifs is 3. The van der Waals surface area contributed by atoms with Crippen LogP contribution >= 0.6 is 0 Å². The van der Waals surface area contributed by atoms with Gasteiger partial charge in [-0.3, -0.25) is 0 Å². The van der Waals surface area contributed by atoms with Crippen molar-refractivity contribution in [2.24, 2.45) is 35.0 Å². The van der Waals surface area contributed by atoms with Gasteiger partial charge in [0.05, 0.1) is 18.5 Å². The molecule has 3 nitrogen and oxygen atoms in total. The second-order valence-electron chi connectivity index (χ2n) is 11.9. The normalized spacial score (nSPS) is 42.3. The van der Waals surface area contributed by atoms with Crippen molar-refractivity contribution in [2.45, 2.75) is 103 Å². The lowest BCUT2D eigenvalue weighted by atomic mass is 9.54. The van der Waals surface area contributed by atoms with E-state index in [1.54, 1.807) is 0 Å². The number of rotatable bonds is 5. The van der Waals surface area contributed by atoms with Gasteiger partial charge in [0.2, 0.25) is 0 Å². The average Bonchev–Trinajstić information content (AvgIpc) is 3.39. The van der Waals surface area contributed by atoms with E-state index in [4.69, 9.17) is 13.9 Å². The van der Waals surface area contributed by atoms with E-state index in [9.17, 15) is 0 Å². The van der Waals surface area contributed by atoms with Gasteiger partial charge in [0, 0.05) is 13.0 Å². The van der Waals surface area contributed by atoms with Crippen LogP contribution in [-0.2, 0) is 15.1 Å². The summed E-state index contributed by atoms with van der Waals surface area (Å²) in [6.45, 7) is 7.36.